The van der Waals surface area contributed by atoms with Gasteiger partial charge in [-0.25, -0.2) is 9.18 Å². The van der Waals surface area contributed by atoms with Gasteiger partial charge in [0.1, 0.15) is 5.82 Å². The fraction of sp³-hybridized carbons (Fsp3) is 0.222. The maximum absolute atomic E-state index is 12.4. The maximum Gasteiger partial charge on any atom is 0.338 e. The predicted octanol–water partition coefficient (Wildman–Crippen LogP) is 2.00. The van der Waals surface area contributed by atoms with E-state index in [1.165, 1.54) is 24.3 Å². The first-order valence-electron chi connectivity index (χ1n) is 3.66. The lowest BCUT2D eigenvalue weighted by Gasteiger charge is -1.99. The molecule has 0 unspecified atom stereocenters. The third kappa shape index (κ3) is 2.05. The molecule has 0 bridgehead atoms. The molecule has 0 aromatic heterocycles. The molecule has 0 fully saturated rings. The highest BCUT2D eigenvalue weighted by molar-refractivity contribution is 5.89. The molecular weight excluding hydrogens is 158 g/mol. The minimum absolute atomic E-state index is 0.330. The van der Waals surface area contributed by atoms with Crippen LogP contribution in [0.2, 0.25) is 0 Å². The molecule has 1 rings (SSSR count). The number of rotatable bonds is 2. The fourth-order valence-electron chi connectivity index (χ4n) is 0.800. The number of carbonyl (C=O) groups excluding carboxylic acids is 1. The summed E-state index contributed by atoms with van der Waals surface area (Å²) in [6, 6.07) is 5.25. The Morgan fingerprint density at radius 2 is 2.00 bits per heavy atom. The van der Waals surface area contributed by atoms with Gasteiger partial charge in [0, 0.05) is 0 Å². The fourth-order valence-corrected chi connectivity index (χ4v) is 0.800. The second-order valence-corrected chi connectivity index (χ2v) is 2.23. The summed E-state index contributed by atoms with van der Waals surface area (Å²) < 4.78 is 17.1. The molecule has 0 saturated heterocycles. The van der Waals surface area contributed by atoms with Gasteiger partial charge in [-0.3, -0.25) is 0 Å². The molecule has 64 valence electrons. The highest BCUT2D eigenvalue weighted by atomic mass is 18.2. The van der Waals surface area contributed by atoms with Gasteiger partial charge in [-0.15, -0.1) is 0 Å². The molecular formula is C9H9FO2. The molecule has 0 spiro atoms. The molecule has 0 aliphatic rings. The van der Waals surface area contributed by atoms with E-state index in [-0.39, 0.29) is 5.82 Å². The number of ether oxygens (including phenoxy) is 1. The van der Waals surface area contributed by atoms with Crippen molar-refractivity contribution in [3.63, 3.8) is 0 Å². The van der Waals surface area contributed by atoms with E-state index in [9.17, 15) is 9.18 Å². The molecule has 2 nitrogen and oxygen atoms in total. The quantitative estimate of drug-likeness (QED) is 0.630. The summed E-state index contributed by atoms with van der Waals surface area (Å²) in [5.74, 6) is -0.777. The molecule has 12 heavy (non-hydrogen) atoms. The summed E-state index contributed by atoms with van der Waals surface area (Å²) in [5.41, 5.74) is 0.373. The van der Waals surface area contributed by atoms with Gasteiger partial charge in [-0.1, -0.05) is 0 Å². The van der Waals surface area contributed by atoms with Crippen molar-refractivity contribution in [1.82, 2.24) is 0 Å². The topological polar surface area (TPSA) is 26.3 Å². The number of halogens is 1. The largest absolute Gasteiger partial charge is 0.462 e. The zero-order valence-electron chi connectivity index (χ0n) is 6.71. The first-order chi connectivity index (χ1) is 5.74. The van der Waals surface area contributed by atoms with Crippen molar-refractivity contribution in [1.29, 1.82) is 0 Å². The molecule has 3 heteroatoms. The van der Waals surface area contributed by atoms with E-state index >= 15 is 0 Å². The molecule has 0 aliphatic carbocycles. The van der Waals surface area contributed by atoms with Crippen LogP contribution in [0.5, 0.6) is 0 Å². The summed E-state index contributed by atoms with van der Waals surface area (Å²) >= 11 is 0. The monoisotopic (exact) mass is 167 g/mol. The Morgan fingerprint density at radius 1 is 1.42 bits per heavy atom. The average Bonchev–Trinajstić information content (AvgIpc) is 2.06. The van der Waals surface area contributed by atoms with Gasteiger partial charge in [-0.2, -0.15) is 0 Å². The number of esters is 1. The van der Waals surface area contributed by atoms with Gasteiger partial charge < -0.3 is 4.74 Å². The molecule has 1 aromatic carbocycles. The molecule has 0 N–H and O–H groups in total. The summed E-state index contributed by atoms with van der Waals surface area (Å²) in [6.07, 6.45) is 0. The summed E-state index contributed by atoms with van der Waals surface area (Å²) in [4.78, 5) is 11.0. The first kappa shape index (κ1) is 8.71. The second kappa shape index (κ2) is 3.85. The lowest BCUT2D eigenvalue weighted by atomic mass is 10.2. The van der Waals surface area contributed by atoms with Gasteiger partial charge in [-0.05, 0) is 31.2 Å². The number of hydrogen-bond donors (Lipinski definition) is 0. The Morgan fingerprint density at radius 3 is 2.50 bits per heavy atom. The van der Waals surface area contributed by atoms with E-state index in [4.69, 9.17) is 4.74 Å². The molecule has 0 heterocycles. The SMILES string of the molecule is CCOC(=O)c1ccc([18F])cc1. The second-order valence-electron chi connectivity index (χ2n) is 2.23. The van der Waals surface area contributed by atoms with Gasteiger partial charge in [0.15, 0.2) is 0 Å². The summed E-state index contributed by atoms with van der Waals surface area (Å²) in [5, 5.41) is 0. The van der Waals surface area contributed by atoms with Gasteiger partial charge in [0.05, 0.1) is 12.2 Å². The standard InChI is InChI=1S/C9H9FO2/c1-2-12-9(11)7-3-5-8(10)6-4-7/h3-6H,2H2,1H3/i10-1. The maximum atomic E-state index is 12.4. The number of hydrogen-bond acceptors (Lipinski definition) is 2. The van der Waals surface area contributed by atoms with E-state index in [0.717, 1.165) is 0 Å². The van der Waals surface area contributed by atoms with Gasteiger partial charge in [0.2, 0.25) is 0 Å². The van der Waals surface area contributed by atoms with Crippen molar-refractivity contribution in [2.75, 3.05) is 6.61 Å². The van der Waals surface area contributed by atoms with Crippen LogP contribution in [-0.2, 0) is 4.74 Å². The van der Waals surface area contributed by atoms with Crippen molar-refractivity contribution >= 4 is 5.97 Å². The van der Waals surface area contributed by atoms with E-state index in [2.05, 4.69) is 0 Å². The Kier molecular flexibility index (Phi) is 2.80. The zero-order chi connectivity index (χ0) is 8.97. The van der Waals surface area contributed by atoms with Crippen molar-refractivity contribution in [2.24, 2.45) is 0 Å². The highest BCUT2D eigenvalue weighted by Gasteiger charge is 2.04. The normalized spacial score (nSPS) is 9.50. The molecule has 1 aromatic rings. The Labute approximate surface area is 70.0 Å². The Bertz CT molecular complexity index is 266. The van der Waals surface area contributed by atoms with Crippen molar-refractivity contribution in [3.8, 4) is 0 Å². The average molecular weight is 167 g/mol. The number of carbonyl (C=O) groups is 1. The summed E-state index contributed by atoms with van der Waals surface area (Å²) in [7, 11) is 0. The van der Waals surface area contributed by atoms with Crippen LogP contribution in [0.1, 0.15) is 17.3 Å². The predicted molar refractivity (Wildman–Crippen MR) is 42.4 cm³/mol. The Hall–Kier alpha value is -1.38. The van der Waals surface area contributed by atoms with Crippen molar-refractivity contribution in [2.45, 2.75) is 6.92 Å². The van der Waals surface area contributed by atoms with Crippen LogP contribution >= 0.6 is 0 Å². The van der Waals surface area contributed by atoms with Crippen LogP contribution in [0.25, 0.3) is 0 Å². The molecule has 0 saturated carbocycles. The first-order valence-corrected chi connectivity index (χ1v) is 3.66. The zero-order valence-corrected chi connectivity index (χ0v) is 6.71. The third-order valence-electron chi connectivity index (χ3n) is 1.36. The van der Waals surface area contributed by atoms with Crippen LogP contribution < -0.4 is 0 Å². The molecule has 0 amide bonds. The molecule has 0 aliphatic heterocycles. The lowest BCUT2D eigenvalue weighted by molar-refractivity contribution is 0.0526. The van der Waals surface area contributed by atoms with Crippen LogP contribution in [0, 0.1) is 5.82 Å². The van der Waals surface area contributed by atoms with Gasteiger partial charge >= 0.3 is 5.97 Å². The van der Waals surface area contributed by atoms with Crippen molar-refractivity contribution in [3.05, 3.63) is 35.6 Å². The molecule has 0 atom stereocenters. The van der Waals surface area contributed by atoms with Crippen LogP contribution in [-0.4, -0.2) is 12.6 Å². The van der Waals surface area contributed by atoms with E-state index in [1.54, 1.807) is 6.92 Å². The van der Waals surface area contributed by atoms with E-state index in [0.29, 0.717) is 12.2 Å². The summed E-state index contributed by atoms with van der Waals surface area (Å²) in [6.45, 7) is 2.05. The minimum Gasteiger partial charge on any atom is -0.462 e. The van der Waals surface area contributed by atoms with E-state index < -0.39 is 5.97 Å². The third-order valence-corrected chi connectivity index (χ3v) is 1.36. The number of benzene rings is 1. The van der Waals surface area contributed by atoms with Crippen LogP contribution in [0.3, 0.4) is 0 Å². The smallest absolute Gasteiger partial charge is 0.338 e. The Balaban J connectivity index is 2.75. The van der Waals surface area contributed by atoms with Crippen LogP contribution in [0.15, 0.2) is 24.3 Å². The van der Waals surface area contributed by atoms with Crippen LogP contribution in [0.4, 0.5) is 4.39 Å². The van der Waals surface area contributed by atoms with Crippen molar-refractivity contribution < 1.29 is 13.9 Å². The minimum atomic E-state index is -0.419. The van der Waals surface area contributed by atoms with Gasteiger partial charge in [0.25, 0.3) is 0 Å². The highest BCUT2D eigenvalue weighted by Crippen LogP contribution is 2.03. The molecule has 0 radical (unpaired) electrons. The lowest BCUT2D eigenvalue weighted by Crippen LogP contribution is -2.03. The van der Waals surface area contributed by atoms with E-state index in [1.807, 2.05) is 0 Å².